The summed E-state index contributed by atoms with van der Waals surface area (Å²) >= 11 is 7.94. The van der Waals surface area contributed by atoms with Crippen molar-refractivity contribution in [2.24, 2.45) is 0 Å². The summed E-state index contributed by atoms with van der Waals surface area (Å²) in [5, 5.41) is 0.357. The van der Waals surface area contributed by atoms with Gasteiger partial charge in [-0.15, -0.1) is 0 Å². The van der Waals surface area contributed by atoms with E-state index in [9.17, 15) is 4.79 Å². The Labute approximate surface area is 122 Å². The maximum absolute atomic E-state index is 12.5. The molecule has 1 aromatic rings. The predicted molar refractivity (Wildman–Crippen MR) is 80.7 cm³/mol. The van der Waals surface area contributed by atoms with Crippen LogP contribution in [0.15, 0.2) is 12.3 Å². The number of hydrogen-bond donors (Lipinski definition) is 1. The van der Waals surface area contributed by atoms with Gasteiger partial charge in [0.05, 0.1) is 10.6 Å². The minimum absolute atomic E-state index is 0.0580. The van der Waals surface area contributed by atoms with Crippen molar-refractivity contribution in [3.05, 3.63) is 22.8 Å². The smallest absolute Gasteiger partial charge is 0.255 e. The highest BCUT2D eigenvalue weighted by Crippen LogP contribution is 2.31. The van der Waals surface area contributed by atoms with Crippen molar-refractivity contribution in [1.82, 2.24) is 9.88 Å². The summed E-state index contributed by atoms with van der Waals surface area (Å²) in [7, 11) is 0. The fraction of sp³-hybridized carbons (Fsp3) is 0.538. The highest BCUT2D eigenvalue weighted by atomic mass is 35.5. The van der Waals surface area contributed by atoms with Crippen LogP contribution < -0.4 is 5.73 Å². The summed E-state index contributed by atoms with van der Waals surface area (Å²) in [6, 6.07) is 1.55. The molecule has 1 amide bonds. The lowest BCUT2D eigenvalue weighted by atomic mass is 10.1. The lowest BCUT2D eigenvalue weighted by Gasteiger charge is -2.23. The molecule has 19 heavy (non-hydrogen) atoms. The molecule has 0 radical (unpaired) electrons. The van der Waals surface area contributed by atoms with E-state index in [1.165, 1.54) is 6.20 Å². The second-order valence-corrected chi connectivity index (χ2v) is 7.45. The Kier molecular flexibility index (Phi) is 4.26. The number of anilines is 1. The molecule has 2 heterocycles. The van der Waals surface area contributed by atoms with Gasteiger partial charge in [0.1, 0.15) is 5.82 Å². The third-order valence-corrected chi connectivity index (χ3v) is 4.91. The number of thioether (sulfide) groups is 1. The molecule has 0 unspecified atom stereocenters. The van der Waals surface area contributed by atoms with Crippen LogP contribution in [0.1, 0.15) is 30.6 Å². The van der Waals surface area contributed by atoms with E-state index in [0.717, 1.165) is 25.3 Å². The number of nitrogens with zero attached hydrogens (tertiary/aromatic N) is 2. The zero-order valence-corrected chi connectivity index (χ0v) is 12.7. The van der Waals surface area contributed by atoms with Gasteiger partial charge in [-0.05, 0) is 12.5 Å². The first-order chi connectivity index (χ1) is 8.89. The van der Waals surface area contributed by atoms with Gasteiger partial charge in [0.15, 0.2) is 0 Å². The molecule has 6 heteroatoms. The highest BCUT2D eigenvalue weighted by molar-refractivity contribution is 8.00. The SMILES string of the molecule is CC1(C)CCN(C(=O)c2cc(N)ncc2Cl)CCS1. The third-order valence-electron chi connectivity index (χ3n) is 3.23. The quantitative estimate of drug-likeness (QED) is 0.866. The van der Waals surface area contributed by atoms with E-state index in [4.69, 9.17) is 17.3 Å². The standard InChI is InChI=1S/C13H18ClN3OS/c1-13(2)3-4-17(5-6-19-13)12(18)9-7-11(15)16-8-10(9)14/h7-8H,3-6H2,1-2H3,(H2,15,16). The molecule has 2 rings (SSSR count). The van der Waals surface area contributed by atoms with E-state index in [1.807, 2.05) is 16.7 Å². The number of hydrogen-bond acceptors (Lipinski definition) is 4. The van der Waals surface area contributed by atoms with Crippen molar-refractivity contribution in [3.8, 4) is 0 Å². The van der Waals surface area contributed by atoms with E-state index >= 15 is 0 Å². The van der Waals surface area contributed by atoms with Crippen LogP contribution in [-0.4, -0.2) is 39.4 Å². The first-order valence-electron chi connectivity index (χ1n) is 6.23. The molecule has 1 fully saturated rings. The van der Waals surface area contributed by atoms with Crippen LogP contribution >= 0.6 is 23.4 Å². The van der Waals surface area contributed by atoms with Gasteiger partial charge < -0.3 is 10.6 Å². The Morgan fingerprint density at radius 1 is 1.53 bits per heavy atom. The second kappa shape index (κ2) is 5.59. The Bertz CT molecular complexity index is 493. The van der Waals surface area contributed by atoms with Crippen LogP contribution in [0, 0.1) is 0 Å². The molecule has 0 aliphatic carbocycles. The summed E-state index contributed by atoms with van der Waals surface area (Å²) < 4.78 is 0.218. The predicted octanol–water partition coefficient (Wildman–Crippen LogP) is 2.67. The van der Waals surface area contributed by atoms with Crippen LogP contribution in [0.2, 0.25) is 5.02 Å². The molecule has 0 saturated carbocycles. The minimum atomic E-state index is -0.0580. The first-order valence-corrected chi connectivity index (χ1v) is 7.60. The number of pyridine rings is 1. The van der Waals surface area contributed by atoms with E-state index in [0.29, 0.717) is 16.4 Å². The topological polar surface area (TPSA) is 59.2 Å². The summed E-state index contributed by atoms with van der Waals surface area (Å²) in [5.74, 6) is 1.20. The third kappa shape index (κ3) is 3.54. The number of nitrogens with two attached hydrogens (primary N) is 1. The molecule has 1 aromatic heterocycles. The Hall–Kier alpha value is -0.940. The van der Waals surface area contributed by atoms with E-state index in [2.05, 4.69) is 18.8 Å². The summed E-state index contributed by atoms with van der Waals surface area (Å²) in [6.45, 7) is 5.91. The Balaban J connectivity index is 2.17. The number of aromatic nitrogens is 1. The van der Waals surface area contributed by atoms with E-state index < -0.39 is 0 Å². The maximum atomic E-state index is 12.5. The van der Waals surface area contributed by atoms with Crippen molar-refractivity contribution in [3.63, 3.8) is 0 Å². The highest BCUT2D eigenvalue weighted by Gasteiger charge is 2.27. The number of carbonyl (C=O) groups is 1. The molecule has 0 spiro atoms. The van der Waals surface area contributed by atoms with Gasteiger partial charge in [-0.25, -0.2) is 4.98 Å². The van der Waals surface area contributed by atoms with Gasteiger partial charge >= 0.3 is 0 Å². The molecule has 1 saturated heterocycles. The number of nitrogen functional groups attached to an aromatic ring is 1. The minimum Gasteiger partial charge on any atom is -0.384 e. The van der Waals surface area contributed by atoms with Crippen LogP contribution in [0.25, 0.3) is 0 Å². The molecule has 1 aliphatic rings. The average molecular weight is 300 g/mol. The second-order valence-electron chi connectivity index (χ2n) is 5.24. The van der Waals surface area contributed by atoms with Crippen LogP contribution in [0.4, 0.5) is 5.82 Å². The summed E-state index contributed by atoms with van der Waals surface area (Å²) in [6.07, 6.45) is 2.40. The summed E-state index contributed by atoms with van der Waals surface area (Å²) in [4.78, 5) is 18.2. The molecular weight excluding hydrogens is 282 g/mol. The van der Waals surface area contributed by atoms with Crippen LogP contribution in [-0.2, 0) is 0 Å². The average Bonchev–Trinajstić information content (AvgIpc) is 2.52. The van der Waals surface area contributed by atoms with Gasteiger partial charge in [0.25, 0.3) is 5.91 Å². The molecule has 4 nitrogen and oxygen atoms in total. The molecule has 1 aliphatic heterocycles. The summed E-state index contributed by atoms with van der Waals surface area (Å²) in [5.41, 5.74) is 6.07. The molecule has 2 N–H and O–H groups in total. The molecule has 0 bridgehead atoms. The normalized spacial score (nSPS) is 19.0. The van der Waals surface area contributed by atoms with Gasteiger partial charge in [0, 0.05) is 29.8 Å². The van der Waals surface area contributed by atoms with Gasteiger partial charge in [-0.2, -0.15) is 11.8 Å². The maximum Gasteiger partial charge on any atom is 0.255 e. The monoisotopic (exact) mass is 299 g/mol. The van der Waals surface area contributed by atoms with Crippen molar-refractivity contribution in [1.29, 1.82) is 0 Å². The Morgan fingerprint density at radius 3 is 3.00 bits per heavy atom. The van der Waals surface area contributed by atoms with E-state index in [-0.39, 0.29) is 10.7 Å². The number of amides is 1. The number of carbonyl (C=O) groups excluding carboxylic acids is 1. The zero-order valence-electron chi connectivity index (χ0n) is 11.1. The van der Waals surface area contributed by atoms with Gasteiger partial charge in [-0.3, -0.25) is 4.79 Å². The van der Waals surface area contributed by atoms with Crippen molar-refractivity contribution >= 4 is 35.1 Å². The number of halogens is 1. The van der Waals surface area contributed by atoms with Crippen LogP contribution in [0.3, 0.4) is 0 Å². The first kappa shape index (κ1) is 14.5. The van der Waals surface area contributed by atoms with E-state index in [1.54, 1.807) is 6.07 Å². The molecule has 0 atom stereocenters. The molecule has 104 valence electrons. The largest absolute Gasteiger partial charge is 0.384 e. The lowest BCUT2D eigenvalue weighted by molar-refractivity contribution is 0.0764. The Morgan fingerprint density at radius 2 is 2.26 bits per heavy atom. The van der Waals surface area contributed by atoms with Crippen LogP contribution in [0.5, 0.6) is 0 Å². The lowest BCUT2D eigenvalue weighted by Crippen LogP contribution is -2.34. The number of rotatable bonds is 1. The fourth-order valence-electron chi connectivity index (χ4n) is 2.01. The molecular formula is C13H18ClN3OS. The van der Waals surface area contributed by atoms with Crippen molar-refractivity contribution in [2.75, 3.05) is 24.6 Å². The van der Waals surface area contributed by atoms with Crippen molar-refractivity contribution < 1.29 is 4.79 Å². The van der Waals surface area contributed by atoms with Gasteiger partial charge in [0.2, 0.25) is 0 Å². The van der Waals surface area contributed by atoms with Crippen molar-refractivity contribution in [2.45, 2.75) is 25.0 Å². The molecule has 0 aromatic carbocycles. The zero-order chi connectivity index (χ0) is 14.0. The fourth-order valence-corrected chi connectivity index (χ4v) is 3.30. The van der Waals surface area contributed by atoms with Gasteiger partial charge in [-0.1, -0.05) is 25.4 Å².